The van der Waals surface area contributed by atoms with Crippen molar-refractivity contribution >= 4 is 5.69 Å². The fourth-order valence-corrected chi connectivity index (χ4v) is 1.30. The van der Waals surface area contributed by atoms with Crippen LogP contribution in [-0.4, -0.2) is 17.8 Å². The summed E-state index contributed by atoms with van der Waals surface area (Å²) in [5.74, 6) is 0. The molecule has 1 rings (SSSR count). The van der Waals surface area contributed by atoms with Crippen molar-refractivity contribution in [2.24, 2.45) is 0 Å². The van der Waals surface area contributed by atoms with Crippen LogP contribution < -0.4 is 5.32 Å². The second kappa shape index (κ2) is 5.60. The lowest BCUT2D eigenvalue weighted by Gasteiger charge is -2.16. The number of hydrogen-bond donors (Lipinski definition) is 2. The molecule has 0 bridgehead atoms. The van der Waals surface area contributed by atoms with E-state index in [1.54, 1.807) is 0 Å². The standard InChI is InChI=1S/C11H17NO/c1-2-10(8-9-13)12-11-6-4-3-5-7-11/h3-7,10,12-13H,2,8-9H2,1H3. The minimum Gasteiger partial charge on any atom is -0.396 e. The molecule has 2 N–H and O–H groups in total. The molecule has 0 amide bonds. The molecule has 0 saturated carbocycles. The zero-order valence-electron chi connectivity index (χ0n) is 8.03. The van der Waals surface area contributed by atoms with Crippen LogP contribution in [0.5, 0.6) is 0 Å². The van der Waals surface area contributed by atoms with Crippen molar-refractivity contribution in [3.05, 3.63) is 30.3 Å². The van der Waals surface area contributed by atoms with E-state index >= 15 is 0 Å². The normalized spacial score (nSPS) is 12.5. The molecule has 72 valence electrons. The van der Waals surface area contributed by atoms with Gasteiger partial charge in [-0.05, 0) is 25.0 Å². The quantitative estimate of drug-likeness (QED) is 0.726. The van der Waals surface area contributed by atoms with Crippen LogP contribution in [0.3, 0.4) is 0 Å². The average molecular weight is 179 g/mol. The van der Waals surface area contributed by atoms with Gasteiger partial charge in [-0.2, -0.15) is 0 Å². The summed E-state index contributed by atoms with van der Waals surface area (Å²) in [5, 5.41) is 12.2. The first-order valence-corrected chi connectivity index (χ1v) is 4.79. The topological polar surface area (TPSA) is 32.3 Å². The van der Waals surface area contributed by atoms with Gasteiger partial charge in [0.25, 0.3) is 0 Å². The Balaban J connectivity index is 2.46. The van der Waals surface area contributed by atoms with E-state index in [1.165, 1.54) is 0 Å². The number of aliphatic hydroxyl groups excluding tert-OH is 1. The smallest absolute Gasteiger partial charge is 0.0450 e. The van der Waals surface area contributed by atoms with Gasteiger partial charge in [-0.25, -0.2) is 0 Å². The summed E-state index contributed by atoms with van der Waals surface area (Å²) < 4.78 is 0. The van der Waals surface area contributed by atoms with E-state index in [2.05, 4.69) is 12.2 Å². The van der Waals surface area contributed by atoms with Gasteiger partial charge >= 0.3 is 0 Å². The number of rotatable bonds is 5. The van der Waals surface area contributed by atoms with E-state index in [0.717, 1.165) is 18.5 Å². The Kier molecular flexibility index (Phi) is 4.33. The maximum atomic E-state index is 8.81. The summed E-state index contributed by atoms with van der Waals surface area (Å²) in [4.78, 5) is 0. The highest BCUT2D eigenvalue weighted by Gasteiger charge is 2.03. The third kappa shape index (κ3) is 3.47. The Morgan fingerprint density at radius 3 is 2.54 bits per heavy atom. The summed E-state index contributed by atoms with van der Waals surface area (Å²) >= 11 is 0. The molecular formula is C11H17NO. The molecule has 1 aromatic rings. The number of para-hydroxylation sites is 1. The Bertz CT molecular complexity index is 223. The van der Waals surface area contributed by atoms with E-state index in [0.29, 0.717) is 6.04 Å². The third-order valence-electron chi connectivity index (χ3n) is 2.11. The fraction of sp³-hybridized carbons (Fsp3) is 0.455. The van der Waals surface area contributed by atoms with Crippen LogP contribution in [0.15, 0.2) is 30.3 Å². The predicted molar refractivity (Wildman–Crippen MR) is 55.8 cm³/mol. The molecule has 0 fully saturated rings. The van der Waals surface area contributed by atoms with E-state index in [1.807, 2.05) is 30.3 Å². The molecule has 0 spiro atoms. The maximum Gasteiger partial charge on any atom is 0.0450 e. The fourth-order valence-electron chi connectivity index (χ4n) is 1.30. The molecular weight excluding hydrogens is 162 g/mol. The van der Waals surface area contributed by atoms with Gasteiger partial charge in [-0.3, -0.25) is 0 Å². The highest BCUT2D eigenvalue weighted by atomic mass is 16.3. The van der Waals surface area contributed by atoms with Crippen LogP contribution in [-0.2, 0) is 0 Å². The van der Waals surface area contributed by atoms with E-state index < -0.39 is 0 Å². The van der Waals surface area contributed by atoms with Crippen LogP contribution in [0.25, 0.3) is 0 Å². The van der Waals surface area contributed by atoms with Crippen molar-refractivity contribution in [3.8, 4) is 0 Å². The highest BCUT2D eigenvalue weighted by Crippen LogP contribution is 2.10. The Labute approximate surface area is 79.6 Å². The van der Waals surface area contributed by atoms with Crippen LogP contribution in [0.1, 0.15) is 19.8 Å². The lowest BCUT2D eigenvalue weighted by atomic mass is 10.1. The van der Waals surface area contributed by atoms with Gasteiger partial charge in [-0.15, -0.1) is 0 Å². The molecule has 2 nitrogen and oxygen atoms in total. The van der Waals surface area contributed by atoms with E-state index in [4.69, 9.17) is 5.11 Å². The molecule has 1 aromatic carbocycles. The summed E-state index contributed by atoms with van der Waals surface area (Å²) in [6, 6.07) is 10.5. The van der Waals surface area contributed by atoms with Crippen molar-refractivity contribution in [3.63, 3.8) is 0 Å². The van der Waals surface area contributed by atoms with Crippen molar-refractivity contribution in [1.82, 2.24) is 0 Å². The molecule has 0 aliphatic heterocycles. The van der Waals surface area contributed by atoms with E-state index in [9.17, 15) is 0 Å². The van der Waals surface area contributed by atoms with Gasteiger partial charge in [0.2, 0.25) is 0 Å². The molecule has 0 radical (unpaired) electrons. The van der Waals surface area contributed by atoms with Crippen LogP contribution in [0.2, 0.25) is 0 Å². The van der Waals surface area contributed by atoms with Gasteiger partial charge in [-0.1, -0.05) is 25.1 Å². The lowest BCUT2D eigenvalue weighted by molar-refractivity contribution is 0.278. The third-order valence-corrected chi connectivity index (χ3v) is 2.11. The first-order valence-electron chi connectivity index (χ1n) is 4.79. The molecule has 13 heavy (non-hydrogen) atoms. The Hall–Kier alpha value is -1.02. The number of aliphatic hydroxyl groups is 1. The van der Waals surface area contributed by atoms with Gasteiger partial charge in [0.1, 0.15) is 0 Å². The first-order chi connectivity index (χ1) is 6.36. The van der Waals surface area contributed by atoms with Gasteiger partial charge in [0.15, 0.2) is 0 Å². The molecule has 0 saturated heterocycles. The first kappa shape index (κ1) is 10.1. The highest BCUT2D eigenvalue weighted by molar-refractivity contribution is 5.43. The number of nitrogens with one attached hydrogen (secondary N) is 1. The van der Waals surface area contributed by atoms with Crippen molar-refractivity contribution < 1.29 is 5.11 Å². The van der Waals surface area contributed by atoms with Crippen LogP contribution >= 0.6 is 0 Å². The van der Waals surface area contributed by atoms with Gasteiger partial charge in [0.05, 0.1) is 0 Å². The second-order valence-electron chi connectivity index (χ2n) is 3.13. The van der Waals surface area contributed by atoms with Crippen molar-refractivity contribution in [2.45, 2.75) is 25.8 Å². The minimum atomic E-state index is 0.248. The number of hydrogen-bond acceptors (Lipinski definition) is 2. The SMILES string of the molecule is CCC(CCO)Nc1ccccc1. The van der Waals surface area contributed by atoms with Crippen molar-refractivity contribution in [1.29, 1.82) is 0 Å². The Morgan fingerprint density at radius 1 is 1.31 bits per heavy atom. The molecule has 1 atom stereocenters. The molecule has 0 aliphatic carbocycles. The molecule has 1 unspecified atom stereocenters. The minimum absolute atomic E-state index is 0.248. The number of benzene rings is 1. The molecule has 2 heteroatoms. The van der Waals surface area contributed by atoms with E-state index in [-0.39, 0.29) is 6.61 Å². The maximum absolute atomic E-state index is 8.81. The van der Waals surface area contributed by atoms with Gasteiger partial charge in [0, 0.05) is 18.3 Å². The van der Waals surface area contributed by atoms with Crippen molar-refractivity contribution in [2.75, 3.05) is 11.9 Å². The summed E-state index contributed by atoms with van der Waals surface area (Å²) in [5.41, 5.74) is 1.13. The summed E-state index contributed by atoms with van der Waals surface area (Å²) in [7, 11) is 0. The van der Waals surface area contributed by atoms with Gasteiger partial charge < -0.3 is 10.4 Å². The largest absolute Gasteiger partial charge is 0.396 e. The monoisotopic (exact) mass is 179 g/mol. The predicted octanol–water partition coefficient (Wildman–Crippen LogP) is 2.26. The summed E-state index contributed by atoms with van der Waals surface area (Å²) in [6.07, 6.45) is 1.85. The summed E-state index contributed by atoms with van der Waals surface area (Å²) in [6.45, 7) is 2.37. The molecule has 0 aliphatic rings. The second-order valence-corrected chi connectivity index (χ2v) is 3.13. The average Bonchev–Trinajstić information content (AvgIpc) is 2.19. The van der Waals surface area contributed by atoms with Crippen LogP contribution in [0.4, 0.5) is 5.69 Å². The molecule has 0 heterocycles. The van der Waals surface area contributed by atoms with Crippen LogP contribution in [0, 0.1) is 0 Å². The Morgan fingerprint density at radius 2 is 2.00 bits per heavy atom. The zero-order valence-corrected chi connectivity index (χ0v) is 8.03. The zero-order chi connectivity index (χ0) is 9.52. The molecule has 0 aromatic heterocycles. The number of anilines is 1. The lowest BCUT2D eigenvalue weighted by Crippen LogP contribution is -2.19.